The van der Waals surface area contributed by atoms with Crippen LogP contribution in [0.4, 0.5) is 0 Å². The first-order chi connectivity index (χ1) is 8.35. The lowest BCUT2D eigenvalue weighted by Gasteiger charge is -2.16. The Hall–Kier alpha value is -0.650. The van der Waals surface area contributed by atoms with Crippen molar-refractivity contribution in [2.24, 2.45) is 0 Å². The van der Waals surface area contributed by atoms with E-state index < -0.39 is 50.3 Å². The Labute approximate surface area is 103 Å². The number of aliphatic hydroxyl groups excluding tert-OH is 8. The fourth-order valence-electron chi connectivity index (χ4n) is 0.659. The average Bonchev–Trinajstić information content (AvgIpc) is 2.43. The topological polar surface area (TPSA) is 179 Å². The number of aliphatic hydroxyl groups is 8. The van der Waals surface area contributed by atoms with E-state index in [-0.39, 0.29) is 6.29 Å². The third-order valence-corrected chi connectivity index (χ3v) is 1.89. The molecule has 0 heterocycles. The van der Waals surface area contributed by atoms with E-state index in [9.17, 15) is 4.79 Å². The van der Waals surface area contributed by atoms with Crippen LogP contribution in [0.15, 0.2) is 0 Å². The summed E-state index contributed by atoms with van der Waals surface area (Å²) in [6.07, 6.45) is -7.08. The van der Waals surface area contributed by atoms with Crippen LogP contribution >= 0.6 is 0 Å². The molecule has 0 spiro atoms. The van der Waals surface area contributed by atoms with Gasteiger partial charge in [0.15, 0.2) is 6.29 Å². The Balaban J connectivity index is 0. The van der Waals surface area contributed by atoms with Crippen LogP contribution in [0, 0.1) is 0 Å². The van der Waals surface area contributed by atoms with Crippen LogP contribution in [0.2, 0.25) is 0 Å². The molecule has 0 amide bonds. The van der Waals surface area contributed by atoms with Gasteiger partial charge in [0.05, 0.1) is 19.8 Å². The fourth-order valence-corrected chi connectivity index (χ4v) is 0.659. The maximum absolute atomic E-state index is 9.76. The standard InChI is InChI=1S/C5H10O5.C4H10O4/c6-1-3(8)5(10)4(9)2-7;5-1-3(7)4(8)2-6/h1,3-5,7-10H,2H2;3-8H,1-2H2/t3-,4+,5-;3-,4-/m01/s1. The fraction of sp³-hybridized carbons (Fsp3) is 0.889. The first-order valence-electron chi connectivity index (χ1n) is 5.03. The van der Waals surface area contributed by atoms with Crippen molar-refractivity contribution < 1.29 is 45.6 Å². The van der Waals surface area contributed by atoms with Gasteiger partial charge in [0.25, 0.3) is 0 Å². The van der Waals surface area contributed by atoms with Gasteiger partial charge in [-0.3, -0.25) is 0 Å². The smallest absolute Gasteiger partial charge is 0.151 e. The van der Waals surface area contributed by atoms with Crippen LogP contribution in [-0.4, -0.2) is 97.5 Å². The molecule has 0 radical (unpaired) electrons. The molecule has 110 valence electrons. The van der Waals surface area contributed by atoms with Gasteiger partial charge in [-0.05, 0) is 0 Å². The summed E-state index contributed by atoms with van der Waals surface area (Å²) in [5, 5.41) is 67.2. The maximum atomic E-state index is 9.76. The molecular formula is C9H20O9. The van der Waals surface area contributed by atoms with Gasteiger partial charge in [0.2, 0.25) is 0 Å². The number of carbonyl (C=O) groups excluding carboxylic acids is 1. The predicted molar refractivity (Wildman–Crippen MR) is 57.4 cm³/mol. The highest BCUT2D eigenvalue weighted by atomic mass is 16.4. The van der Waals surface area contributed by atoms with E-state index in [1.165, 1.54) is 0 Å². The maximum Gasteiger partial charge on any atom is 0.151 e. The van der Waals surface area contributed by atoms with Gasteiger partial charge in [-0.2, -0.15) is 0 Å². The number of carbonyl (C=O) groups is 1. The minimum atomic E-state index is -1.64. The summed E-state index contributed by atoms with van der Waals surface area (Å²) in [5.74, 6) is 0. The number of hydrogen-bond donors (Lipinski definition) is 8. The van der Waals surface area contributed by atoms with Gasteiger partial charge in [-0.15, -0.1) is 0 Å². The van der Waals surface area contributed by atoms with Gasteiger partial charge < -0.3 is 45.6 Å². The first-order valence-corrected chi connectivity index (χ1v) is 5.03. The Kier molecular flexibility index (Phi) is 12.5. The molecule has 0 aliphatic rings. The van der Waals surface area contributed by atoms with E-state index >= 15 is 0 Å². The highest BCUT2D eigenvalue weighted by Gasteiger charge is 2.22. The largest absolute Gasteiger partial charge is 0.394 e. The SMILES string of the molecule is O=C[C@H](O)[C@H](O)[C@H](O)CO.OC[C@@H](O)[C@H](O)CO. The van der Waals surface area contributed by atoms with Gasteiger partial charge in [-0.25, -0.2) is 0 Å². The molecule has 0 aromatic heterocycles. The molecule has 9 nitrogen and oxygen atoms in total. The summed E-state index contributed by atoms with van der Waals surface area (Å²) in [6.45, 7) is -1.74. The Morgan fingerprint density at radius 2 is 1.06 bits per heavy atom. The van der Waals surface area contributed by atoms with Crippen LogP contribution in [0.1, 0.15) is 0 Å². The molecule has 0 aliphatic carbocycles. The third kappa shape index (κ3) is 8.44. The van der Waals surface area contributed by atoms with E-state index in [1.807, 2.05) is 0 Å². The first kappa shape index (κ1) is 19.7. The van der Waals surface area contributed by atoms with E-state index in [0.29, 0.717) is 0 Å². The van der Waals surface area contributed by atoms with Crippen molar-refractivity contribution >= 4 is 6.29 Å². The molecule has 0 aromatic carbocycles. The summed E-state index contributed by atoms with van der Waals surface area (Å²) in [4.78, 5) is 9.76. The van der Waals surface area contributed by atoms with Crippen molar-refractivity contribution in [3.63, 3.8) is 0 Å². The van der Waals surface area contributed by atoms with E-state index in [0.717, 1.165) is 0 Å². The lowest BCUT2D eigenvalue weighted by atomic mass is 10.1. The summed E-state index contributed by atoms with van der Waals surface area (Å²) in [6, 6.07) is 0. The van der Waals surface area contributed by atoms with Gasteiger partial charge in [0.1, 0.15) is 30.5 Å². The highest BCUT2D eigenvalue weighted by molar-refractivity contribution is 5.56. The monoisotopic (exact) mass is 272 g/mol. The highest BCUT2D eigenvalue weighted by Crippen LogP contribution is 1.96. The second kappa shape index (κ2) is 11.4. The van der Waals surface area contributed by atoms with Gasteiger partial charge in [-0.1, -0.05) is 0 Å². The summed E-state index contributed by atoms with van der Waals surface area (Å²) in [7, 11) is 0. The molecule has 0 aromatic rings. The lowest BCUT2D eigenvalue weighted by Crippen LogP contribution is -2.40. The molecule has 8 N–H and O–H groups in total. The summed E-state index contributed by atoms with van der Waals surface area (Å²) >= 11 is 0. The van der Waals surface area contributed by atoms with E-state index in [1.54, 1.807) is 0 Å². The molecule has 0 unspecified atom stereocenters. The zero-order valence-electron chi connectivity index (χ0n) is 9.57. The molecule has 0 bridgehead atoms. The van der Waals surface area contributed by atoms with Gasteiger partial charge in [0, 0.05) is 0 Å². The van der Waals surface area contributed by atoms with Crippen molar-refractivity contribution in [1.29, 1.82) is 0 Å². The molecule has 0 fully saturated rings. The van der Waals surface area contributed by atoms with Crippen molar-refractivity contribution in [2.75, 3.05) is 19.8 Å². The molecule has 9 heteroatoms. The van der Waals surface area contributed by atoms with Crippen molar-refractivity contribution in [1.82, 2.24) is 0 Å². The average molecular weight is 272 g/mol. The predicted octanol–water partition coefficient (Wildman–Crippen LogP) is -5.05. The Bertz CT molecular complexity index is 192. The van der Waals surface area contributed by atoms with Crippen LogP contribution in [0.25, 0.3) is 0 Å². The van der Waals surface area contributed by atoms with E-state index in [2.05, 4.69) is 0 Å². The lowest BCUT2D eigenvalue weighted by molar-refractivity contribution is -0.127. The van der Waals surface area contributed by atoms with E-state index in [4.69, 9.17) is 40.9 Å². The molecule has 18 heavy (non-hydrogen) atoms. The molecular weight excluding hydrogens is 252 g/mol. The molecule has 0 rings (SSSR count). The van der Waals surface area contributed by atoms with Crippen LogP contribution in [0.5, 0.6) is 0 Å². The van der Waals surface area contributed by atoms with Crippen molar-refractivity contribution in [3.8, 4) is 0 Å². The van der Waals surface area contributed by atoms with Crippen LogP contribution in [0.3, 0.4) is 0 Å². The zero-order valence-corrected chi connectivity index (χ0v) is 9.57. The van der Waals surface area contributed by atoms with Gasteiger partial charge >= 0.3 is 0 Å². The second-order valence-electron chi connectivity index (χ2n) is 3.37. The number of rotatable bonds is 7. The van der Waals surface area contributed by atoms with Crippen molar-refractivity contribution in [2.45, 2.75) is 30.5 Å². The molecule has 0 aliphatic heterocycles. The van der Waals surface area contributed by atoms with Crippen LogP contribution in [-0.2, 0) is 4.79 Å². The minimum absolute atomic E-state index is 0.0869. The molecule has 0 saturated heterocycles. The Morgan fingerprint density at radius 3 is 1.28 bits per heavy atom. The second-order valence-corrected chi connectivity index (χ2v) is 3.37. The van der Waals surface area contributed by atoms with Crippen LogP contribution < -0.4 is 0 Å². The minimum Gasteiger partial charge on any atom is -0.394 e. The number of aldehydes is 1. The third-order valence-electron chi connectivity index (χ3n) is 1.89. The molecule has 5 atom stereocenters. The number of hydrogen-bond acceptors (Lipinski definition) is 9. The summed E-state index contributed by atoms with van der Waals surface area (Å²) < 4.78 is 0. The summed E-state index contributed by atoms with van der Waals surface area (Å²) in [5.41, 5.74) is 0. The quantitative estimate of drug-likeness (QED) is 0.210. The molecule has 0 saturated carbocycles. The normalized spacial score (nSPS) is 18.9. The van der Waals surface area contributed by atoms with Crippen molar-refractivity contribution in [3.05, 3.63) is 0 Å². The Morgan fingerprint density at radius 1 is 0.722 bits per heavy atom. The zero-order chi connectivity index (χ0) is 14.7.